The van der Waals surface area contributed by atoms with Crippen LogP contribution in [0.4, 0.5) is 5.69 Å². The largest absolute Gasteiger partial charge is 0.370 e. The lowest BCUT2D eigenvalue weighted by Gasteiger charge is -2.20. The van der Waals surface area contributed by atoms with E-state index in [2.05, 4.69) is 127 Å². The molecule has 33 heavy (non-hydrogen) atoms. The van der Waals surface area contributed by atoms with Crippen LogP contribution < -0.4 is 4.90 Å². The Hall–Kier alpha value is -4.17. The van der Waals surface area contributed by atoms with Crippen molar-refractivity contribution in [3.05, 3.63) is 133 Å². The molecule has 0 aliphatic carbocycles. The minimum absolute atomic E-state index is 0.881. The van der Waals surface area contributed by atoms with Crippen molar-refractivity contribution in [1.29, 1.82) is 0 Å². The summed E-state index contributed by atoms with van der Waals surface area (Å²) in [5, 5.41) is 0. The van der Waals surface area contributed by atoms with Crippen molar-refractivity contribution in [2.75, 3.05) is 11.9 Å². The molecule has 0 spiro atoms. The van der Waals surface area contributed by atoms with E-state index in [1.54, 1.807) is 0 Å². The van der Waals surface area contributed by atoms with Gasteiger partial charge in [-0.05, 0) is 41.0 Å². The Morgan fingerprint density at radius 3 is 1.52 bits per heavy atom. The lowest BCUT2D eigenvalue weighted by atomic mass is 9.99. The summed E-state index contributed by atoms with van der Waals surface area (Å²) in [7, 11) is 2.13. The summed E-state index contributed by atoms with van der Waals surface area (Å²) >= 11 is 0. The predicted octanol–water partition coefficient (Wildman–Crippen LogP) is 7.72. The average molecular weight is 427 g/mol. The minimum Gasteiger partial charge on any atom is -0.370 e. The standard InChI is InChI=1S/C31H26N2/c1-33(23-24-11-5-2-6-12-24)29-19-17-25(18-20-29)28-21-30(26-13-7-3-8-14-26)32-31(22-28)27-15-9-4-10-16-27/h2-22H,23H2,1H3. The summed E-state index contributed by atoms with van der Waals surface area (Å²) in [6.07, 6.45) is 0. The van der Waals surface area contributed by atoms with Gasteiger partial charge in [0, 0.05) is 30.4 Å². The van der Waals surface area contributed by atoms with Gasteiger partial charge in [0.15, 0.2) is 0 Å². The first-order valence-electron chi connectivity index (χ1n) is 11.2. The number of pyridine rings is 1. The molecule has 0 N–H and O–H groups in total. The van der Waals surface area contributed by atoms with E-state index in [9.17, 15) is 0 Å². The zero-order chi connectivity index (χ0) is 22.5. The molecular formula is C31H26N2. The summed E-state index contributed by atoms with van der Waals surface area (Å²) in [5.41, 5.74) is 9.06. The maximum atomic E-state index is 4.98. The Morgan fingerprint density at radius 1 is 0.515 bits per heavy atom. The average Bonchev–Trinajstić information content (AvgIpc) is 2.90. The quantitative estimate of drug-likeness (QED) is 0.276. The molecule has 0 aliphatic rings. The highest BCUT2D eigenvalue weighted by Gasteiger charge is 2.09. The van der Waals surface area contributed by atoms with Crippen LogP contribution in [0.25, 0.3) is 33.6 Å². The van der Waals surface area contributed by atoms with Crippen molar-refractivity contribution in [2.45, 2.75) is 6.54 Å². The smallest absolute Gasteiger partial charge is 0.0715 e. The van der Waals surface area contributed by atoms with Crippen LogP contribution >= 0.6 is 0 Å². The molecule has 0 unspecified atom stereocenters. The number of anilines is 1. The number of hydrogen-bond acceptors (Lipinski definition) is 2. The summed E-state index contributed by atoms with van der Waals surface area (Å²) in [4.78, 5) is 7.26. The minimum atomic E-state index is 0.881. The van der Waals surface area contributed by atoms with Crippen LogP contribution in [-0.4, -0.2) is 12.0 Å². The van der Waals surface area contributed by atoms with E-state index < -0.39 is 0 Å². The van der Waals surface area contributed by atoms with E-state index in [0.29, 0.717) is 0 Å². The van der Waals surface area contributed by atoms with Gasteiger partial charge in [-0.25, -0.2) is 4.98 Å². The highest BCUT2D eigenvalue weighted by Crippen LogP contribution is 2.31. The zero-order valence-corrected chi connectivity index (χ0v) is 18.7. The number of rotatable bonds is 6. The molecule has 5 aromatic rings. The van der Waals surface area contributed by atoms with Crippen LogP contribution in [0.2, 0.25) is 0 Å². The second-order valence-corrected chi connectivity index (χ2v) is 8.25. The molecule has 0 saturated carbocycles. The van der Waals surface area contributed by atoms with Crippen molar-refractivity contribution >= 4 is 5.69 Å². The van der Waals surface area contributed by atoms with Gasteiger partial charge in [0.05, 0.1) is 11.4 Å². The molecule has 1 aromatic heterocycles. The number of aromatic nitrogens is 1. The second kappa shape index (κ2) is 9.54. The fraction of sp³-hybridized carbons (Fsp3) is 0.0645. The van der Waals surface area contributed by atoms with Crippen molar-refractivity contribution in [2.24, 2.45) is 0 Å². The third-order valence-corrected chi connectivity index (χ3v) is 5.87. The van der Waals surface area contributed by atoms with Crippen LogP contribution in [0.3, 0.4) is 0 Å². The van der Waals surface area contributed by atoms with Crippen LogP contribution in [0, 0.1) is 0 Å². The normalized spacial score (nSPS) is 10.7. The van der Waals surface area contributed by atoms with Gasteiger partial charge in [-0.3, -0.25) is 0 Å². The zero-order valence-electron chi connectivity index (χ0n) is 18.7. The molecule has 4 aromatic carbocycles. The molecule has 0 fully saturated rings. The summed E-state index contributed by atoms with van der Waals surface area (Å²) in [6.45, 7) is 0.881. The van der Waals surface area contributed by atoms with Crippen molar-refractivity contribution in [3.63, 3.8) is 0 Å². The lowest BCUT2D eigenvalue weighted by Crippen LogP contribution is -2.16. The Bertz CT molecular complexity index is 1250. The van der Waals surface area contributed by atoms with Crippen LogP contribution in [0.15, 0.2) is 127 Å². The van der Waals surface area contributed by atoms with Crippen molar-refractivity contribution < 1.29 is 0 Å². The highest BCUT2D eigenvalue weighted by atomic mass is 15.1. The maximum absolute atomic E-state index is 4.98. The Kier molecular flexibility index (Phi) is 5.99. The van der Waals surface area contributed by atoms with E-state index in [1.807, 2.05) is 12.1 Å². The summed E-state index contributed by atoms with van der Waals surface area (Å²) in [6, 6.07) is 44.5. The van der Waals surface area contributed by atoms with Gasteiger partial charge in [-0.2, -0.15) is 0 Å². The molecule has 0 aliphatic heterocycles. The molecule has 2 nitrogen and oxygen atoms in total. The topological polar surface area (TPSA) is 16.1 Å². The van der Waals surface area contributed by atoms with E-state index in [1.165, 1.54) is 22.4 Å². The molecule has 5 rings (SSSR count). The van der Waals surface area contributed by atoms with Crippen molar-refractivity contribution in [3.8, 4) is 33.6 Å². The third-order valence-electron chi connectivity index (χ3n) is 5.87. The molecular weight excluding hydrogens is 400 g/mol. The first kappa shape index (κ1) is 20.7. The molecule has 2 heteroatoms. The molecule has 0 atom stereocenters. The Morgan fingerprint density at radius 2 is 1.00 bits per heavy atom. The van der Waals surface area contributed by atoms with Gasteiger partial charge in [0.1, 0.15) is 0 Å². The number of nitrogens with zero attached hydrogens (tertiary/aromatic N) is 2. The third kappa shape index (κ3) is 4.86. The van der Waals surface area contributed by atoms with Crippen LogP contribution in [-0.2, 0) is 6.54 Å². The lowest BCUT2D eigenvalue weighted by molar-refractivity contribution is 0.923. The van der Waals surface area contributed by atoms with Crippen LogP contribution in [0.1, 0.15) is 5.56 Å². The fourth-order valence-electron chi connectivity index (χ4n) is 4.07. The summed E-state index contributed by atoms with van der Waals surface area (Å²) in [5.74, 6) is 0. The van der Waals surface area contributed by atoms with Gasteiger partial charge >= 0.3 is 0 Å². The molecule has 0 saturated heterocycles. The first-order chi connectivity index (χ1) is 16.3. The number of hydrogen-bond donors (Lipinski definition) is 0. The maximum Gasteiger partial charge on any atom is 0.0715 e. The van der Waals surface area contributed by atoms with Gasteiger partial charge in [0.2, 0.25) is 0 Å². The van der Waals surface area contributed by atoms with Gasteiger partial charge < -0.3 is 4.90 Å². The van der Waals surface area contributed by atoms with Crippen LogP contribution in [0.5, 0.6) is 0 Å². The molecule has 0 radical (unpaired) electrons. The molecule has 160 valence electrons. The van der Waals surface area contributed by atoms with Crippen molar-refractivity contribution in [1.82, 2.24) is 4.98 Å². The van der Waals surface area contributed by atoms with E-state index in [4.69, 9.17) is 4.98 Å². The van der Waals surface area contributed by atoms with E-state index in [-0.39, 0.29) is 0 Å². The monoisotopic (exact) mass is 426 g/mol. The highest BCUT2D eigenvalue weighted by molar-refractivity contribution is 5.77. The fourth-order valence-corrected chi connectivity index (χ4v) is 4.07. The van der Waals surface area contributed by atoms with Gasteiger partial charge in [-0.1, -0.05) is 103 Å². The van der Waals surface area contributed by atoms with E-state index >= 15 is 0 Å². The van der Waals surface area contributed by atoms with E-state index in [0.717, 1.165) is 29.1 Å². The predicted molar refractivity (Wildman–Crippen MR) is 139 cm³/mol. The molecule has 0 bridgehead atoms. The Balaban J connectivity index is 1.49. The van der Waals surface area contributed by atoms with Gasteiger partial charge in [-0.15, -0.1) is 0 Å². The SMILES string of the molecule is CN(Cc1ccccc1)c1ccc(-c2cc(-c3ccccc3)nc(-c3ccccc3)c2)cc1. The Labute approximate surface area is 195 Å². The molecule has 0 amide bonds. The molecule has 1 heterocycles. The second-order valence-electron chi connectivity index (χ2n) is 8.25. The number of benzene rings is 4. The first-order valence-corrected chi connectivity index (χ1v) is 11.2. The van der Waals surface area contributed by atoms with Gasteiger partial charge in [0.25, 0.3) is 0 Å². The summed E-state index contributed by atoms with van der Waals surface area (Å²) < 4.78 is 0.